The molecule has 1 aliphatic carbocycles. The van der Waals surface area contributed by atoms with Crippen molar-refractivity contribution in [1.29, 1.82) is 0 Å². The van der Waals surface area contributed by atoms with Gasteiger partial charge in [0, 0.05) is 30.4 Å². The van der Waals surface area contributed by atoms with E-state index in [1.54, 1.807) is 35.5 Å². The van der Waals surface area contributed by atoms with Gasteiger partial charge in [-0.3, -0.25) is 9.78 Å². The highest BCUT2D eigenvalue weighted by atomic mass is 79.9. The Morgan fingerprint density at radius 3 is 2.80 bits per heavy atom. The fourth-order valence-electron chi connectivity index (χ4n) is 3.33. The van der Waals surface area contributed by atoms with E-state index in [4.69, 9.17) is 0 Å². The van der Waals surface area contributed by atoms with Crippen molar-refractivity contribution >= 4 is 21.8 Å². The highest BCUT2D eigenvalue weighted by Crippen LogP contribution is 2.31. The van der Waals surface area contributed by atoms with Gasteiger partial charge in [-0.1, -0.05) is 13.0 Å². The summed E-state index contributed by atoms with van der Waals surface area (Å²) in [6.45, 7) is 2.02. The van der Waals surface area contributed by atoms with Gasteiger partial charge in [-0.25, -0.2) is 4.39 Å². The lowest BCUT2D eigenvalue weighted by molar-refractivity contribution is -0.134. The molecule has 25 heavy (non-hydrogen) atoms. The predicted molar refractivity (Wildman–Crippen MR) is 96.5 cm³/mol. The van der Waals surface area contributed by atoms with Gasteiger partial charge in [0.25, 0.3) is 0 Å². The topological polar surface area (TPSA) is 53.4 Å². The summed E-state index contributed by atoms with van der Waals surface area (Å²) in [6.07, 6.45) is 4.09. The van der Waals surface area contributed by atoms with Crippen molar-refractivity contribution < 1.29 is 14.3 Å². The molecule has 0 bridgehead atoms. The van der Waals surface area contributed by atoms with Crippen LogP contribution >= 0.6 is 15.9 Å². The van der Waals surface area contributed by atoms with Crippen LogP contribution in [0.15, 0.2) is 41.1 Å². The molecule has 2 atom stereocenters. The van der Waals surface area contributed by atoms with E-state index in [2.05, 4.69) is 20.9 Å². The van der Waals surface area contributed by atoms with Crippen LogP contribution in [0.2, 0.25) is 0 Å². The van der Waals surface area contributed by atoms with Crippen LogP contribution in [0.4, 0.5) is 4.39 Å². The van der Waals surface area contributed by atoms with Crippen LogP contribution in [0.25, 0.3) is 0 Å². The summed E-state index contributed by atoms with van der Waals surface area (Å²) < 4.78 is 14.2. The van der Waals surface area contributed by atoms with Gasteiger partial charge >= 0.3 is 0 Å². The molecule has 1 N–H and O–H groups in total. The summed E-state index contributed by atoms with van der Waals surface area (Å²) in [5.74, 6) is -0.302. The van der Waals surface area contributed by atoms with Crippen LogP contribution in [0.5, 0.6) is 0 Å². The van der Waals surface area contributed by atoms with E-state index in [1.807, 2.05) is 6.92 Å². The third-order valence-corrected chi connectivity index (χ3v) is 5.26. The number of hydrogen-bond acceptors (Lipinski definition) is 3. The monoisotopic (exact) mass is 406 g/mol. The summed E-state index contributed by atoms with van der Waals surface area (Å²) in [6, 6.07) is 6.81. The van der Waals surface area contributed by atoms with E-state index in [9.17, 15) is 14.3 Å². The van der Waals surface area contributed by atoms with Crippen molar-refractivity contribution in [2.45, 2.75) is 38.3 Å². The van der Waals surface area contributed by atoms with E-state index < -0.39 is 6.10 Å². The number of nitrogens with zero attached hydrogens (tertiary/aromatic N) is 2. The molecule has 6 heteroatoms. The number of rotatable bonds is 5. The Bertz CT molecular complexity index is 739. The zero-order chi connectivity index (χ0) is 18.0. The number of aliphatic hydroxyl groups excluding tert-OH is 1. The number of pyridine rings is 1. The number of aliphatic hydroxyl groups is 1. The molecule has 1 aromatic carbocycles. The average molecular weight is 407 g/mol. The van der Waals surface area contributed by atoms with Crippen molar-refractivity contribution in [3.63, 3.8) is 0 Å². The minimum Gasteiger partial charge on any atom is -0.386 e. The molecule has 1 aliphatic rings. The minimum atomic E-state index is -0.795. The zero-order valence-corrected chi connectivity index (χ0v) is 15.5. The van der Waals surface area contributed by atoms with Gasteiger partial charge < -0.3 is 10.0 Å². The summed E-state index contributed by atoms with van der Waals surface area (Å²) in [7, 11) is 0. The molecule has 0 saturated carbocycles. The van der Waals surface area contributed by atoms with E-state index in [-0.39, 0.29) is 24.3 Å². The molecule has 1 unspecified atom stereocenters. The number of fused-ring (bicyclic) bond motifs is 1. The number of halogens is 2. The molecule has 1 amide bonds. The molecule has 2 aromatic rings. The van der Waals surface area contributed by atoms with Gasteiger partial charge in [0.05, 0.1) is 17.1 Å². The molecule has 1 aromatic heterocycles. The average Bonchev–Trinajstić information content (AvgIpc) is 3.02. The lowest BCUT2D eigenvalue weighted by atomic mass is 10.1. The van der Waals surface area contributed by atoms with E-state index in [0.717, 1.165) is 11.1 Å². The second-order valence-electron chi connectivity index (χ2n) is 6.30. The van der Waals surface area contributed by atoms with Crippen LogP contribution in [0.1, 0.15) is 36.1 Å². The number of benzene rings is 1. The van der Waals surface area contributed by atoms with Crippen molar-refractivity contribution in [1.82, 2.24) is 9.88 Å². The lowest BCUT2D eigenvalue weighted by Crippen LogP contribution is -2.43. The molecule has 0 aliphatic heterocycles. The molecule has 0 spiro atoms. The highest BCUT2D eigenvalue weighted by Gasteiger charge is 2.31. The summed E-state index contributed by atoms with van der Waals surface area (Å²) in [4.78, 5) is 18.2. The molecule has 4 nitrogen and oxygen atoms in total. The third-order valence-electron chi connectivity index (χ3n) is 4.66. The Balaban J connectivity index is 1.79. The molecule has 1 heterocycles. The smallest absolute Gasteiger partial charge is 0.222 e. The maximum atomic E-state index is 13.8. The molecule has 3 rings (SSSR count). The van der Waals surface area contributed by atoms with Crippen molar-refractivity contribution in [3.8, 4) is 0 Å². The fraction of sp³-hybridized carbons (Fsp3) is 0.368. The first-order valence-corrected chi connectivity index (χ1v) is 9.13. The molecule has 132 valence electrons. The second kappa shape index (κ2) is 7.62. The van der Waals surface area contributed by atoms with Crippen molar-refractivity contribution in [3.05, 3.63) is 63.6 Å². The van der Waals surface area contributed by atoms with Crippen LogP contribution in [-0.4, -0.2) is 33.5 Å². The molecule has 0 fully saturated rings. The maximum absolute atomic E-state index is 13.8. The van der Waals surface area contributed by atoms with E-state index in [1.165, 1.54) is 6.07 Å². The SMILES string of the molecule is CCC(=O)N(C[C@@H](O)c1cccnc1)C1Cc2cc(F)c(Br)cc2C1. The zero-order valence-electron chi connectivity index (χ0n) is 14.0. The van der Waals surface area contributed by atoms with Crippen LogP contribution in [0, 0.1) is 5.82 Å². The lowest BCUT2D eigenvalue weighted by Gasteiger charge is -2.31. The van der Waals surface area contributed by atoms with E-state index in [0.29, 0.717) is 29.3 Å². The minimum absolute atomic E-state index is 0.0136. The number of carbonyl (C=O) groups excluding carboxylic acids is 1. The molecule has 0 saturated heterocycles. The Hall–Kier alpha value is -1.79. The third kappa shape index (κ3) is 3.90. The Morgan fingerprint density at radius 1 is 1.44 bits per heavy atom. The molecule has 0 radical (unpaired) electrons. The van der Waals surface area contributed by atoms with Crippen molar-refractivity contribution in [2.75, 3.05) is 6.54 Å². The van der Waals surface area contributed by atoms with Crippen LogP contribution in [-0.2, 0) is 17.6 Å². The van der Waals surface area contributed by atoms with Gasteiger partial charge in [-0.15, -0.1) is 0 Å². The van der Waals surface area contributed by atoms with Crippen molar-refractivity contribution in [2.24, 2.45) is 0 Å². The highest BCUT2D eigenvalue weighted by molar-refractivity contribution is 9.10. The van der Waals surface area contributed by atoms with Gasteiger partial charge in [-0.05, 0) is 58.1 Å². The number of amides is 1. The van der Waals surface area contributed by atoms with Gasteiger partial charge in [0.15, 0.2) is 0 Å². The normalized spacial score (nSPS) is 17.2. The fourth-order valence-corrected chi connectivity index (χ4v) is 3.72. The number of aromatic nitrogens is 1. The standard InChI is InChI=1S/C19H20BrFN2O2/c1-2-19(25)23(11-18(24)12-4-3-5-22-10-12)15-6-13-8-16(20)17(21)9-14(13)7-15/h3-5,8-10,15,18,24H,2,6-7,11H2,1H3/t15?,18-/m1/s1. The summed E-state index contributed by atoms with van der Waals surface area (Å²) in [5.41, 5.74) is 2.65. The number of hydrogen-bond donors (Lipinski definition) is 1. The molecular formula is C19H20BrFN2O2. The maximum Gasteiger partial charge on any atom is 0.222 e. The first-order chi connectivity index (χ1) is 12.0. The second-order valence-corrected chi connectivity index (χ2v) is 7.15. The molecular weight excluding hydrogens is 387 g/mol. The first kappa shape index (κ1) is 18.0. The Kier molecular flexibility index (Phi) is 5.49. The van der Waals surface area contributed by atoms with Crippen LogP contribution < -0.4 is 0 Å². The van der Waals surface area contributed by atoms with Gasteiger partial charge in [-0.2, -0.15) is 0 Å². The van der Waals surface area contributed by atoms with Gasteiger partial charge in [0.1, 0.15) is 5.82 Å². The Morgan fingerprint density at radius 2 is 2.16 bits per heavy atom. The van der Waals surface area contributed by atoms with Gasteiger partial charge in [0.2, 0.25) is 5.91 Å². The predicted octanol–water partition coefficient (Wildman–Crippen LogP) is 3.42. The number of carbonyl (C=O) groups is 1. The summed E-state index contributed by atoms with van der Waals surface area (Å²) >= 11 is 3.22. The van der Waals surface area contributed by atoms with E-state index >= 15 is 0 Å². The quantitative estimate of drug-likeness (QED) is 0.827. The Labute approximate surface area is 154 Å². The first-order valence-electron chi connectivity index (χ1n) is 8.33. The largest absolute Gasteiger partial charge is 0.386 e. The van der Waals surface area contributed by atoms with Crippen LogP contribution in [0.3, 0.4) is 0 Å². The summed E-state index contributed by atoms with van der Waals surface area (Å²) in [5, 5.41) is 10.5.